The van der Waals surface area contributed by atoms with Crippen molar-refractivity contribution in [1.82, 2.24) is 0 Å². The van der Waals surface area contributed by atoms with Crippen molar-refractivity contribution in [3.8, 4) is 0 Å². The Bertz CT molecular complexity index is 1270. The number of ketones is 1. The lowest BCUT2D eigenvalue weighted by molar-refractivity contribution is 0.103. The van der Waals surface area contributed by atoms with Gasteiger partial charge in [-0.25, -0.2) is 4.79 Å². The van der Waals surface area contributed by atoms with Crippen molar-refractivity contribution in [3.05, 3.63) is 98.1 Å². The highest BCUT2D eigenvalue weighted by atomic mass is 31.1. The van der Waals surface area contributed by atoms with E-state index in [-0.39, 0.29) is 16.7 Å². The molecule has 0 aliphatic rings. The summed E-state index contributed by atoms with van der Waals surface area (Å²) in [5.41, 5.74) is 7.28. The van der Waals surface area contributed by atoms with Crippen LogP contribution in [0.4, 0.5) is 0 Å². The predicted molar refractivity (Wildman–Crippen MR) is 141 cm³/mol. The summed E-state index contributed by atoms with van der Waals surface area (Å²) >= 11 is 0. The molecule has 0 saturated carbocycles. The van der Waals surface area contributed by atoms with Crippen molar-refractivity contribution < 1.29 is 14.2 Å². The van der Waals surface area contributed by atoms with Crippen LogP contribution < -0.4 is 5.30 Å². The minimum absolute atomic E-state index is 0.0399. The molecule has 0 fully saturated rings. The lowest BCUT2D eigenvalue weighted by Crippen LogP contribution is -2.20. The van der Waals surface area contributed by atoms with Crippen LogP contribution in [0.1, 0.15) is 86.0 Å². The van der Waals surface area contributed by atoms with Gasteiger partial charge < -0.3 is 0 Å². The first-order chi connectivity index (χ1) is 15.8. The number of benzene rings is 3. The van der Waals surface area contributed by atoms with Gasteiger partial charge in [0.1, 0.15) is 0 Å². The minimum Gasteiger partial charge on any atom is -0.289 e. The summed E-state index contributed by atoms with van der Waals surface area (Å²) in [6.07, 6.45) is 0. The Labute approximate surface area is 204 Å². The fraction of sp³-hybridized carbons (Fsp3) is 0.333. The maximum Gasteiger partial charge on any atom is 0.459 e. The number of carbonyl (C=O) groups is 2. The Morgan fingerprint density at radius 2 is 1.18 bits per heavy atom. The SMILES string of the molecule is Cc1cc(C(C)(C)C)cc(C)c1C(=O)[P+](=O)c1c(C)c(C)c(C(=O)c2ccccc2)c(C)c1C. The van der Waals surface area contributed by atoms with E-state index in [1.54, 1.807) is 12.1 Å². The van der Waals surface area contributed by atoms with Gasteiger partial charge in [0.25, 0.3) is 0 Å². The Morgan fingerprint density at radius 1 is 0.706 bits per heavy atom. The molecule has 34 heavy (non-hydrogen) atoms. The van der Waals surface area contributed by atoms with Gasteiger partial charge in [-0.2, -0.15) is 0 Å². The van der Waals surface area contributed by atoms with Gasteiger partial charge in [-0.05, 0) is 74.8 Å². The second kappa shape index (κ2) is 9.39. The van der Waals surface area contributed by atoms with Crippen LogP contribution in [0.15, 0.2) is 42.5 Å². The first-order valence-electron chi connectivity index (χ1n) is 11.6. The molecule has 3 nitrogen and oxygen atoms in total. The third-order valence-electron chi connectivity index (χ3n) is 6.85. The van der Waals surface area contributed by atoms with E-state index in [2.05, 4.69) is 20.8 Å². The van der Waals surface area contributed by atoms with Gasteiger partial charge >= 0.3 is 13.3 Å². The minimum atomic E-state index is -2.34. The van der Waals surface area contributed by atoms with E-state index in [0.29, 0.717) is 22.0 Å². The standard InChI is InChI=1S/C30H34O3P/c1-17-15-24(30(7,8)9)16-18(2)25(17)29(32)34(33)28-21(5)19(3)26(20(4)22(28)6)27(31)23-13-11-10-12-14-23/h10-16H,1-9H3/q+1. The van der Waals surface area contributed by atoms with Gasteiger partial charge in [0, 0.05) is 22.3 Å². The third kappa shape index (κ3) is 4.55. The Hall–Kier alpha value is -2.90. The molecular weight excluding hydrogens is 439 g/mol. The molecule has 3 rings (SSSR count). The van der Waals surface area contributed by atoms with Crippen molar-refractivity contribution in [2.45, 2.75) is 67.7 Å². The van der Waals surface area contributed by atoms with Crippen molar-refractivity contribution in [1.29, 1.82) is 0 Å². The molecule has 0 saturated heterocycles. The number of hydrogen-bond donors (Lipinski definition) is 0. The quantitative estimate of drug-likeness (QED) is 0.287. The zero-order valence-corrected chi connectivity index (χ0v) is 22.6. The van der Waals surface area contributed by atoms with Crippen molar-refractivity contribution in [2.75, 3.05) is 0 Å². The maximum absolute atomic E-state index is 13.7. The average Bonchev–Trinajstić information content (AvgIpc) is 2.77. The summed E-state index contributed by atoms with van der Waals surface area (Å²) in [4.78, 5) is 26.9. The number of aryl methyl sites for hydroxylation is 2. The maximum atomic E-state index is 13.7. The largest absolute Gasteiger partial charge is 0.459 e. The van der Waals surface area contributed by atoms with Gasteiger partial charge in [0.2, 0.25) is 5.30 Å². The molecule has 0 aliphatic carbocycles. The molecule has 0 spiro atoms. The topological polar surface area (TPSA) is 51.2 Å². The van der Waals surface area contributed by atoms with E-state index < -0.39 is 7.80 Å². The van der Waals surface area contributed by atoms with E-state index in [0.717, 1.165) is 38.9 Å². The molecule has 0 aromatic heterocycles. The van der Waals surface area contributed by atoms with Crippen LogP contribution in [0, 0.1) is 41.5 Å². The first-order valence-corrected chi connectivity index (χ1v) is 12.9. The second-order valence-corrected chi connectivity index (χ2v) is 11.7. The molecule has 176 valence electrons. The summed E-state index contributed by atoms with van der Waals surface area (Å²) < 4.78 is 13.7. The monoisotopic (exact) mass is 473 g/mol. The van der Waals surface area contributed by atoms with Crippen LogP contribution in [-0.2, 0) is 9.98 Å². The summed E-state index contributed by atoms with van der Waals surface area (Å²) in [6.45, 7) is 17.7. The van der Waals surface area contributed by atoms with Gasteiger partial charge in [0.05, 0.1) is 5.56 Å². The molecule has 1 unspecified atom stereocenters. The van der Waals surface area contributed by atoms with Crippen LogP contribution in [0.5, 0.6) is 0 Å². The summed E-state index contributed by atoms with van der Waals surface area (Å²) in [5, 5.41) is 0.554. The molecule has 0 radical (unpaired) electrons. The fourth-order valence-electron chi connectivity index (χ4n) is 4.61. The summed E-state index contributed by atoms with van der Waals surface area (Å²) in [6, 6.07) is 13.2. The zero-order chi connectivity index (χ0) is 25.5. The Balaban J connectivity index is 2.12. The van der Waals surface area contributed by atoms with Crippen molar-refractivity contribution >= 4 is 24.4 Å². The molecule has 3 aromatic rings. The van der Waals surface area contributed by atoms with E-state index in [9.17, 15) is 14.2 Å². The third-order valence-corrected chi connectivity index (χ3v) is 8.52. The van der Waals surface area contributed by atoms with Crippen LogP contribution >= 0.6 is 7.80 Å². The highest BCUT2D eigenvalue weighted by Gasteiger charge is 2.40. The molecule has 0 heterocycles. The zero-order valence-electron chi connectivity index (χ0n) is 21.7. The van der Waals surface area contributed by atoms with Crippen LogP contribution in [0.2, 0.25) is 0 Å². The normalized spacial score (nSPS) is 12.0. The van der Waals surface area contributed by atoms with Crippen LogP contribution in [0.25, 0.3) is 0 Å². The molecule has 0 amide bonds. The van der Waals surface area contributed by atoms with Crippen LogP contribution in [0.3, 0.4) is 0 Å². The van der Waals surface area contributed by atoms with E-state index >= 15 is 0 Å². The molecule has 1 atom stereocenters. The van der Waals surface area contributed by atoms with Gasteiger partial charge in [-0.3, -0.25) is 4.79 Å². The Morgan fingerprint density at radius 3 is 1.62 bits per heavy atom. The average molecular weight is 474 g/mol. The Kier molecular flexibility index (Phi) is 7.10. The van der Waals surface area contributed by atoms with Gasteiger partial charge in [-0.1, -0.05) is 67.8 Å². The molecular formula is C30H34O3P+. The summed E-state index contributed by atoms with van der Waals surface area (Å²) in [7, 11) is -2.34. The molecule has 0 N–H and O–H groups in total. The summed E-state index contributed by atoms with van der Waals surface area (Å²) in [5.74, 6) is -0.0561. The predicted octanol–water partition coefficient (Wildman–Crippen LogP) is 7.36. The lowest BCUT2D eigenvalue weighted by atomic mass is 9.84. The highest BCUT2D eigenvalue weighted by Crippen LogP contribution is 2.37. The second-order valence-electron chi connectivity index (χ2n) is 10.3. The van der Waals surface area contributed by atoms with E-state index in [4.69, 9.17) is 0 Å². The van der Waals surface area contributed by atoms with Gasteiger partial charge in [-0.15, -0.1) is 0 Å². The number of rotatable bonds is 5. The molecule has 4 heteroatoms. The molecule has 0 bridgehead atoms. The first kappa shape index (κ1) is 25.7. The van der Waals surface area contributed by atoms with Crippen molar-refractivity contribution in [2.24, 2.45) is 0 Å². The smallest absolute Gasteiger partial charge is 0.289 e. The van der Waals surface area contributed by atoms with Crippen LogP contribution in [-0.4, -0.2) is 11.3 Å². The number of hydrogen-bond acceptors (Lipinski definition) is 3. The van der Waals surface area contributed by atoms with E-state index in [1.807, 2.05) is 71.9 Å². The van der Waals surface area contributed by atoms with E-state index in [1.165, 1.54) is 0 Å². The number of carbonyl (C=O) groups excluding carboxylic acids is 2. The van der Waals surface area contributed by atoms with Gasteiger partial charge in [0.15, 0.2) is 5.78 Å². The highest BCUT2D eigenvalue weighted by molar-refractivity contribution is 7.71. The fourth-order valence-corrected chi connectivity index (χ4v) is 6.31. The molecule has 3 aromatic carbocycles. The van der Waals surface area contributed by atoms with Crippen molar-refractivity contribution in [3.63, 3.8) is 0 Å². The lowest BCUT2D eigenvalue weighted by Gasteiger charge is -2.21. The molecule has 0 aliphatic heterocycles.